The van der Waals surface area contributed by atoms with Crippen molar-refractivity contribution in [1.82, 2.24) is 24.6 Å². The molecule has 0 aliphatic rings. The van der Waals surface area contributed by atoms with Gasteiger partial charge in [0.2, 0.25) is 5.91 Å². The maximum atomic E-state index is 12.4. The number of nitrogens with one attached hydrogen (secondary N) is 2. The van der Waals surface area contributed by atoms with Crippen LogP contribution in [0.5, 0.6) is 0 Å². The highest BCUT2D eigenvalue weighted by Gasteiger charge is 2.20. The summed E-state index contributed by atoms with van der Waals surface area (Å²) in [5, 5.41) is 9.41. The summed E-state index contributed by atoms with van der Waals surface area (Å²) in [5.41, 5.74) is 2.45. The van der Waals surface area contributed by atoms with Crippen molar-refractivity contribution < 1.29 is 19.1 Å². The van der Waals surface area contributed by atoms with Crippen molar-refractivity contribution in [3.8, 4) is 0 Å². The van der Waals surface area contributed by atoms with E-state index in [-0.39, 0.29) is 11.9 Å². The van der Waals surface area contributed by atoms with Gasteiger partial charge in [-0.2, -0.15) is 5.10 Å². The molecule has 32 heavy (non-hydrogen) atoms. The van der Waals surface area contributed by atoms with Gasteiger partial charge in [-0.1, -0.05) is 18.2 Å². The van der Waals surface area contributed by atoms with Crippen LogP contribution in [0.3, 0.4) is 0 Å². The van der Waals surface area contributed by atoms with Crippen LogP contribution >= 0.6 is 0 Å². The summed E-state index contributed by atoms with van der Waals surface area (Å²) in [6.07, 6.45) is 1.43. The zero-order valence-electron chi connectivity index (χ0n) is 18.2. The first-order valence-electron chi connectivity index (χ1n) is 9.87. The Morgan fingerprint density at radius 2 is 1.88 bits per heavy atom. The summed E-state index contributed by atoms with van der Waals surface area (Å²) >= 11 is 0. The maximum absolute atomic E-state index is 12.4. The average molecular weight is 440 g/mol. The quantitative estimate of drug-likeness (QED) is 0.508. The molecule has 2 heterocycles. The molecule has 2 aromatic heterocycles. The number of anilines is 1. The molecule has 168 valence electrons. The molecule has 0 spiro atoms. The Morgan fingerprint density at radius 3 is 2.56 bits per heavy atom. The molecule has 3 aromatic rings. The van der Waals surface area contributed by atoms with Gasteiger partial charge in [0.15, 0.2) is 11.8 Å². The van der Waals surface area contributed by atoms with Gasteiger partial charge in [0, 0.05) is 12.7 Å². The van der Waals surface area contributed by atoms with E-state index in [1.807, 2.05) is 32.0 Å². The molecule has 2 N–H and O–H groups in total. The molecule has 1 unspecified atom stereocenters. The third-order valence-electron chi connectivity index (χ3n) is 4.86. The summed E-state index contributed by atoms with van der Waals surface area (Å²) in [7, 11) is 1.65. The molecule has 0 aliphatic carbocycles. The van der Waals surface area contributed by atoms with Gasteiger partial charge in [-0.25, -0.2) is 4.98 Å². The fourth-order valence-corrected chi connectivity index (χ4v) is 3.11. The number of carbonyl (C=O) groups excluding carboxylic acids is 3. The molecule has 0 radical (unpaired) electrons. The highest BCUT2D eigenvalue weighted by molar-refractivity contribution is 5.96. The Kier molecular flexibility index (Phi) is 6.67. The van der Waals surface area contributed by atoms with Gasteiger partial charge < -0.3 is 15.4 Å². The van der Waals surface area contributed by atoms with Crippen LogP contribution in [-0.4, -0.2) is 49.8 Å². The predicted molar refractivity (Wildman–Crippen MR) is 116 cm³/mol. The minimum Gasteiger partial charge on any atom is -0.451 e. The number of fused-ring (bicyclic) bond motifs is 1. The number of aryl methyl sites for hydroxylation is 3. The molecule has 1 aromatic carbocycles. The molecule has 0 fully saturated rings. The number of hydrogen-bond acceptors (Lipinski definition) is 7. The van der Waals surface area contributed by atoms with Crippen LogP contribution in [0.2, 0.25) is 0 Å². The lowest BCUT2D eigenvalue weighted by Gasteiger charge is -2.15. The Morgan fingerprint density at radius 1 is 1.19 bits per heavy atom. The molecule has 2 amide bonds. The van der Waals surface area contributed by atoms with Crippen molar-refractivity contribution in [1.29, 1.82) is 0 Å². The standard InChI is InChI=1S/C21H24N6O5/c1-12-6-5-7-13(2)18(12)25-16(28)9-22-20(30)14(3)32-17(29)10-27-11-23-19-15(21(27)31)8-24-26(19)4/h5-8,11,14H,9-10H2,1-4H3,(H,22,30)(H,25,28). The second-order valence-electron chi connectivity index (χ2n) is 7.35. The smallest absolute Gasteiger partial charge is 0.326 e. The topological polar surface area (TPSA) is 137 Å². The molecule has 11 heteroatoms. The summed E-state index contributed by atoms with van der Waals surface area (Å²) in [5.74, 6) is -1.83. The largest absolute Gasteiger partial charge is 0.451 e. The van der Waals surface area contributed by atoms with Crippen LogP contribution in [0.1, 0.15) is 18.1 Å². The Labute approximate surface area is 183 Å². The minimum absolute atomic E-state index is 0.267. The second-order valence-corrected chi connectivity index (χ2v) is 7.35. The van der Waals surface area contributed by atoms with E-state index < -0.39 is 36.0 Å². The number of aromatic nitrogens is 4. The van der Waals surface area contributed by atoms with Crippen molar-refractivity contribution in [2.45, 2.75) is 33.4 Å². The number of ether oxygens (including phenoxy) is 1. The highest BCUT2D eigenvalue weighted by atomic mass is 16.5. The van der Waals surface area contributed by atoms with Crippen molar-refractivity contribution in [3.63, 3.8) is 0 Å². The van der Waals surface area contributed by atoms with Crippen LogP contribution < -0.4 is 16.2 Å². The number of hydrogen-bond donors (Lipinski definition) is 2. The first-order valence-corrected chi connectivity index (χ1v) is 9.87. The van der Waals surface area contributed by atoms with Gasteiger partial charge in [0.05, 0.1) is 12.7 Å². The van der Waals surface area contributed by atoms with E-state index in [0.717, 1.165) is 15.7 Å². The molecule has 0 bridgehead atoms. The first-order chi connectivity index (χ1) is 15.2. The lowest BCUT2D eigenvalue weighted by molar-refractivity contribution is -0.155. The first kappa shape index (κ1) is 22.7. The normalized spacial score (nSPS) is 11.8. The maximum Gasteiger partial charge on any atom is 0.326 e. The number of para-hydroxylation sites is 1. The van der Waals surface area contributed by atoms with Gasteiger partial charge in [0.25, 0.3) is 11.5 Å². The van der Waals surface area contributed by atoms with Crippen molar-refractivity contribution in [2.24, 2.45) is 7.05 Å². The number of carbonyl (C=O) groups is 3. The number of nitrogens with zero attached hydrogens (tertiary/aromatic N) is 4. The monoisotopic (exact) mass is 440 g/mol. The van der Waals surface area contributed by atoms with Crippen LogP contribution in [0.15, 0.2) is 35.5 Å². The third-order valence-corrected chi connectivity index (χ3v) is 4.86. The molecule has 3 rings (SSSR count). The lowest BCUT2D eigenvalue weighted by Crippen LogP contribution is -2.40. The van der Waals surface area contributed by atoms with Crippen molar-refractivity contribution >= 4 is 34.5 Å². The third kappa shape index (κ3) is 4.99. The summed E-state index contributed by atoms with van der Waals surface area (Å²) in [4.78, 5) is 53.1. The zero-order valence-corrected chi connectivity index (χ0v) is 18.2. The van der Waals surface area contributed by atoms with Gasteiger partial charge in [-0.3, -0.25) is 28.4 Å². The van der Waals surface area contributed by atoms with Gasteiger partial charge in [-0.05, 0) is 31.9 Å². The van der Waals surface area contributed by atoms with Gasteiger partial charge >= 0.3 is 5.97 Å². The van der Waals surface area contributed by atoms with E-state index in [2.05, 4.69) is 20.7 Å². The van der Waals surface area contributed by atoms with E-state index in [1.54, 1.807) is 7.05 Å². The van der Waals surface area contributed by atoms with E-state index in [9.17, 15) is 19.2 Å². The van der Waals surface area contributed by atoms with Gasteiger partial charge in [-0.15, -0.1) is 0 Å². The number of rotatable bonds is 7. The van der Waals surface area contributed by atoms with Crippen LogP contribution in [0.4, 0.5) is 5.69 Å². The number of benzene rings is 1. The lowest BCUT2D eigenvalue weighted by atomic mass is 10.1. The fraction of sp³-hybridized carbons (Fsp3) is 0.333. The molecule has 11 nitrogen and oxygen atoms in total. The van der Waals surface area contributed by atoms with Crippen LogP contribution in [0.25, 0.3) is 11.0 Å². The minimum atomic E-state index is -1.15. The second kappa shape index (κ2) is 9.41. The number of amides is 2. The van der Waals surface area contributed by atoms with Crippen molar-refractivity contribution in [3.05, 3.63) is 52.2 Å². The molecule has 1 atom stereocenters. The van der Waals surface area contributed by atoms with Crippen molar-refractivity contribution in [2.75, 3.05) is 11.9 Å². The molecule has 0 saturated carbocycles. The van der Waals surface area contributed by atoms with Gasteiger partial charge in [0.1, 0.15) is 18.3 Å². The predicted octanol–water partition coefficient (Wildman–Crippen LogP) is 0.433. The summed E-state index contributed by atoms with van der Waals surface area (Å²) in [6.45, 7) is 4.42. The SMILES string of the molecule is Cc1cccc(C)c1NC(=O)CNC(=O)C(C)OC(=O)Cn1cnc2c(cnn2C)c1=O. The summed E-state index contributed by atoms with van der Waals surface area (Å²) in [6, 6.07) is 5.63. The molecular weight excluding hydrogens is 416 g/mol. The number of esters is 1. The Hall–Kier alpha value is -4.02. The highest BCUT2D eigenvalue weighted by Crippen LogP contribution is 2.19. The Bertz CT molecular complexity index is 1220. The van der Waals surface area contributed by atoms with E-state index in [4.69, 9.17) is 4.74 Å². The van der Waals surface area contributed by atoms with E-state index in [0.29, 0.717) is 11.3 Å². The molecule has 0 aliphatic heterocycles. The Balaban J connectivity index is 1.52. The van der Waals surface area contributed by atoms with E-state index >= 15 is 0 Å². The van der Waals surface area contributed by atoms with E-state index in [1.165, 1.54) is 24.1 Å². The fourth-order valence-electron chi connectivity index (χ4n) is 3.11. The van der Waals surface area contributed by atoms with Crippen LogP contribution in [0, 0.1) is 13.8 Å². The zero-order chi connectivity index (χ0) is 23.4. The summed E-state index contributed by atoms with van der Waals surface area (Å²) < 4.78 is 7.61. The average Bonchev–Trinajstić information content (AvgIpc) is 3.12. The molecular formula is C21H24N6O5. The van der Waals surface area contributed by atoms with Crippen LogP contribution in [-0.2, 0) is 32.7 Å². The molecule has 0 saturated heterocycles.